The highest BCUT2D eigenvalue weighted by Crippen LogP contribution is 2.27. The van der Waals surface area contributed by atoms with E-state index in [0.717, 1.165) is 24.1 Å². The number of rotatable bonds is 5. The van der Waals surface area contributed by atoms with Crippen LogP contribution in [-0.4, -0.2) is 33.5 Å². The summed E-state index contributed by atoms with van der Waals surface area (Å²) in [6.07, 6.45) is 1.47. The van der Waals surface area contributed by atoms with Crippen LogP contribution in [0, 0.1) is 0 Å². The number of fused-ring (bicyclic) bond motifs is 1. The Morgan fingerprint density at radius 3 is 2.86 bits per heavy atom. The molecule has 0 unspecified atom stereocenters. The predicted octanol–water partition coefficient (Wildman–Crippen LogP) is 1.43. The van der Waals surface area contributed by atoms with Crippen LogP contribution < -0.4 is 4.72 Å². The van der Waals surface area contributed by atoms with Crippen molar-refractivity contribution in [3.8, 4) is 11.3 Å². The Kier molecular flexibility index (Phi) is 3.21. The molecule has 114 valence electrons. The maximum absolute atomic E-state index is 11.9. The molecule has 3 aromatic rings. The van der Waals surface area contributed by atoms with Gasteiger partial charge in [-0.3, -0.25) is 0 Å². The van der Waals surface area contributed by atoms with E-state index in [-0.39, 0.29) is 11.8 Å². The van der Waals surface area contributed by atoms with Crippen molar-refractivity contribution < 1.29 is 8.42 Å². The number of sulfonamides is 1. The third-order valence-corrected chi connectivity index (χ3v) is 6.12. The first kappa shape index (κ1) is 13.8. The van der Waals surface area contributed by atoms with Gasteiger partial charge in [0.05, 0.1) is 17.5 Å². The van der Waals surface area contributed by atoms with Crippen LogP contribution in [0.5, 0.6) is 0 Å². The molecule has 0 amide bonds. The van der Waals surface area contributed by atoms with Gasteiger partial charge in [0.2, 0.25) is 10.0 Å². The molecule has 0 radical (unpaired) electrons. The Labute approximate surface area is 131 Å². The molecule has 1 fully saturated rings. The van der Waals surface area contributed by atoms with E-state index < -0.39 is 10.0 Å². The molecule has 9 heteroatoms. The van der Waals surface area contributed by atoms with Crippen LogP contribution in [0.1, 0.15) is 18.7 Å². The fourth-order valence-electron chi connectivity index (χ4n) is 2.17. The van der Waals surface area contributed by atoms with E-state index in [1.807, 2.05) is 29.0 Å². The molecule has 3 heterocycles. The zero-order valence-electron chi connectivity index (χ0n) is 11.5. The van der Waals surface area contributed by atoms with Crippen LogP contribution in [0.15, 0.2) is 29.0 Å². The fraction of sp³-hybridized carbons (Fsp3) is 0.308. The third-order valence-electron chi connectivity index (χ3n) is 3.54. The van der Waals surface area contributed by atoms with E-state index in [4.69, 9.17) is 0 Å². The number of nitrogens with zero attached hydrogens (tertiary/aromatic N) is 4. The number of hydrogen-bond donors (Lipinski definition) is 1. The molecule has 0 saturated heterocycles. The largest absolute Gasteiger partial charge is 0.214 e. The lowest BCUT2D eigenvalue weighted by Gasteiger charge is -2.04. The van der Waals surface area contributed by atoms with Gasteiger partial charge < -0.3 is 0 Å². The van der Waals surface area contributed by atoms with Crippen molar-refractivity contribution in [3.05, 3.63) is 34.8 Å². The Morgan fingerprint density at radius 1 is 1.27 bits per heavy atom. The van der Waals surface area contributed by atoms with Gasteiger partial charge in [0.1, 0.15) is 0 Å². The quantitative estimate of drug-likeness (QED) is 0.762. The first-order valence-corrected chi connectivity index (χ1v) is 9.35. The summed E-state index contributed by atoms with van der Waals surface area (Å²) >= 11 is 1.60. The maximum Gasteiger partial charge on any atom is 0.214 e. The molecule has 0 aromatic carbocycles. The topological polar surface area (TPSA) is 89.2 Å². The average molecular weight is 335 g/mol. The van der Waals surface area contributed by atoms with Gasteiger partial charge in [-0.25, -0.2) is 13.1 Å². The van der Waals surface area contributed by atoms with Gasteiger partial charge in [0.25, 0.3) is 0 Å². The minimum Gasteiger partial charge on any atom is -0.212 e. The van der Waals surface area contributed by atoms with Gasteiger partial charge in [0.15, 0.2) is 11.5 Å². The van der Waals surface area contributed by atoms with Crippen molar-refractivity contribution in [2.24, 2.45) is 0 Å². The van der Waals surface area contributed by atoms with Crippen LogP contribution in [-0.2, 0) is 16.6 Å². The Bertz CT molecular complexity index is 913. The molecule has 1 aliphatic rings. The van der Waals surface area contributed by atoms with Crippen LogP contribution >= 0.6 is 11.3 Å². The van der Waals surface area contributed by atoms with Gasteiger partial charge in [-0.15, -0.1) is 10.2 Å². The van der Waals surface area contributed by atoms with E-state index in [2.05, 4.69) is 20.0 Å². The molecule has 22 heavy (non-hydrogen) atoms. The van der Waals surface area contributed by atoms with E-state index in [1.165, 1.54) is 0 Å². The summed E-state index contributed by atoms with van der Waals surface area (Å²) in [5.74, 6) is 0.483. The molecule has 4 rings (SSSR count). The second-order valence-corrected chi connectivity index (χ2v) is 8.01. The first-order chi connectivity index (χ1) is 10.6. The lowest BCUT2D eigenvalue weighted by atomic mass is 10.2. The van der Waals surface area contributed by atoms with E-state index in [9.17, 15) is 8.42 Å². The molecular weight excluding hydrogens is 322 g/mol. The molecule has 0 aliphatic heterocycles. The highest BCUT2D eigenvalue weighted by molar-refractivity contribution is 7.90. The van der Waals surface area contributed by atoms with Gasteiger partial charge >= 0.3 is 0 Å². The smallest absolute Gasteiger partial charge is 0.212 e. The lowest BCUT2D eigenvalue weighted by molar-refractivity contribution is 0.576. The zero-order chi connectivity index (χ0) is 15.2. The zero-order valence-corrected chi connectivity index (χ0v) is 13.1. The number of hydrogen-bond acceptors (Lipinski definition) is 6. The second-order valence-electron chi connectivity index (χ2n) is 5.18. The molecule has 0 atom stereocenters. The predicted molar refractivity (Wildman–Crippen MR) is 82.9 cm³/mol. The fourth-order valence-corrected chi connectivity index (χ4v) is 4.14. The lowest BCUT2D eigenvalue weighted by Crippen LogP contribution is -2.27. The van der Waals surface area contributed by atoms with Crippen molar-refractivity contribution in [2.45, 2.75) is 24.6 Å². The van der Waals surface area contributed by atoms with Crippen molar-refractivity contribution >= 4 is 27.0 Å². The molecule has 1 aliphatic carbocycles. The van der Waals surface area contributed by atoms with Crippen LogP contribution in [0.4, 0.5) is 0 Å². The van der Waals surface area contributed by atoms with Crippen molar-refractivity contribution in [2.75, 3.05) is 0 Å². The molecule has 1 saturated carbocycles. The Balaban J connectivity index is 1.64. The van der Waals surface area contributed by atoms with Gasteiger partial charge in [-0.2, -0.15) is 21.0 Å². The summed E-state index contributed by atoms with van der Waals surface area (Å²) < 4.78 is 27.9. The molecule has 0 bridgehead atoms. The minimum absolute atomic E-state index is 0.0973. The van der Waals surface area contributed by atoms with Crippen molar-refractivity contribution in [1.29, 1.82) is 0 Å². The summed E-state index contributed by atoms with van der Waals surface area (Å²) in [6, 6.07) is 5.69. The van der Waals surface area contributed by atoms with Crippen molar-refractivity contribution in [3.63, 3.8) is 0 Å². The molecule has 0 spiro atoms. The summed E-state index contributed by atoms with van der Waals surface area (Å²) in [4.78, 5) is 0. The van der Waals surface area contributed by atoms with Crippen molar-refractivity contribution in [1.82, 2.24) is 24.5 Å². The number of aromatic nitrogens is 4. The standard InChI is InChI=1S/C13H13N5O2S2/c19-22(20,10-1-2-10)14-7-13-16-15-12-4-3-11(17-18(12)13)9-5-6-21-8-9/h3-6,8,10,14H,1-2,7H2. The SMILES string of the molecule is O=S(=O)(NCc1nnc2ccc(-c3ccsc3)nn12)C1CC1. The first-order valence-electron chi connectivity index (χ1n) is 6.86. The van der Waals surface area contributed by atoms with E-state index in [0.29, 0.717) is 11.5 Å². The van der Waals surface area contributed by atoms with Crippen LogP contribution in [0.25, 0.3) is 16.9 Å². The maximum atomic E-state index is 11.9. The third kappa shape index (κ3) is 2.51. The van der Waals surface area contributed by atoms with Crippen LogP contribution in [0.2, 0.25) is 0 Å². The normalized spacial score (nSPS) is 15.5. The van der Waals surface area contributed by atoms with E-state index in [1.54, 1.807) is 15.9 Å². The number of nitrogens with one attached hydrogen (secondary N) is 1. The van der Waals surface area contributed by atoms with Crippen LogP contribution in [0.3, 0.4) is 0 Å². The Morgan fingerprint density at radius 2 is 2.14 bits per heavy atom. The summed E-state index contributed by atoms with van der Waals surface area (Å²) in [5.41, 5.74) is 2.42. The second kappa shape index (κ2) is 5.11. The van der Waals surface area contributed by atoms with Gasteiger partial charge in [-0.05, 0) is 36.4 Å². The molecule has 3 aromatic heterocycles. The summed E-state index contributed by atoms with van der Waals surface area (Å²) in [5, 5.41) is 16.3. The molecular formula is C13H13N5O2S2. The molecule has 1 N–H and O–H groups in total. The summed E-state index contributed by atoms with van der Waals surface area (Å²) in [7, 11) is -3.24. The molecule has 7 nitrogen and oxygen atoms in total. The highest BCUT2D eigenvalue weighted by atomic mass is 32.2. The van der Waals surface area contributed by atoms with E-state index >= 15 is 0 Å². The minimum atomic E-state index is -3.24. The Hall–Kier alpha value is -1.84. The number of thiophene rings is 1. The van der Waals surface area contributed by atoms with Gasteiger partial charge in [-0.1, -0.05) is 0 Å². The summed E-state index contributed by atoms with van der Waals surface area (Å²) in [6.45, 7) is 0.0973. The van der Waals surface area contributed by atoms with Gasteiger partial charge in [0, 0.05) is 10.9 Å². The highest BCUT2D eigenvalue weighted by Gasteiger charge is 2.35. The monoisotopic (exact) mass is 335 g/mol. The average Bonchev–Trinajstić information content (AvgIpc) is 3.10.